The van der Waals surface area contributed by atoms with Crippen LogP contribution in [0.5, 0.6) is 0 Å². The molecule has 0 saturated carbocycles. The van der Waals surface area contributed by atoms with Gasteiger partial charge in [0.15, 0.2) is 0 Å². The van der Waals surface area contributed by atoms with Crippen molar-refractivity contribution in [3.8, 4) is 0 Å². The first-order valence-electron chi connectivity index (χ1n) is 9.43. The van der Waals surface area contributed by atoms with Gasteiger partial charge in [0, 0.05) is 36.5 Å². The summed E-state index contributed by atoms with van der Waals surface area (Å²) in [6.45, 7) is 1.95. The Kier molecular flexibility index (Phi) is 6.59. The van der Waals surface area contributed by atoms with Gasteiger partial charge in [-0.25, -0.2) is 14.0 Å². The summed E-state index contributed by atoms with van der Waals surface area (Å²) in [5.41, 5.74) is 3.93. The Morgan fingerprint density at radius 1 is 1.00 bits per heavy atom. The monoisotopic (exact) mass is 407 g/mol. The van der Waals surface area contributed by atoms with E-state index < -0.39 is 11.9 Å². The Morgan fingerprint density at radius 3 is 2.40 bits per heavy atom. The summed E-state index contributed by atoms with van der Waals surface area (Å²) in [5.74, 6) is -2.35. The molecular weight excluding hydrogens is 385 g/mol. The maximum atomic E-state index is 14.1. The number of benzene rings is 3. The molecule has 30 heavy (non-hydrogen) atoms. The van der Waals surface area contributed by atoms with Gasteiger partial charge in [-0.3, -0.25) is 0 Å². The van der Waals surface area contributed by atoms with Crippen LogP contribution in [-0.2, 0) is 16.1 Å². The number of halogens is 1. The Hall–Kier alpha value is -3.51. The second kappa shape index (κ2) is 9.33. The van der Waals surface area contributed by atoms with E-state index in [1.165, 1.54) is 22.8 Å². The lowest BCUT2D eigenvalue weighted by Gasteiger charge is -2.32. The zero-order chi connectivity index (χ0) is 21.7. The van der Waals surface area contributed by atoms with Crippen LogP contribution in [0, 0.1) is 5.82 Å². The van der Waals surface area contributed by atoms with Crippen LogP contribution in [0.2, 0.25) is 0 Å². The van der Waals surface area contributed by atoms with E-state index in [0.717, 1.165) is 18.5 Å². The largest absolute Gasteiger partial charge is 0.478 e. The predicted octanol–water partition coefficient (Wildman–Crippen LogP) is 4.27. The molecule has 4 rings (SSSR count). The van der Waals surface area contributed by atoms with Gasteiger partial charge in [0.25, 0.3) is 0 Å². The third-order valence-corrected chi connectivity index (χ3v) is 4.99. The molecule has 0 aromatic heterocycles. The first-order valence-corrected chi connectivity index (χ1v) is 9.43. The smallest absolute Gasteiger partial charge is 0.328 e. The summed E-state index contributed by atoms with van der Waals surface area (Å²) in [7, 11) is 2.14. The topological polar surface area (TPSA) is 77.8 Å². The molecule has 3 aromatic rings. The van der Waals surface area contributed by atoms with Gasteiger partial charge in [-0.2, -0.15) is 0 Å². The summed E-state index contributed by atoms with van der Waals surface area (Å²) >= 11 is 0. The van der Waals surface area contributed by atoms with Gasteiger partial charge >= 0.3 is 11.9 Å². The van der Waals surface area contributed by atoms with Crippen LogP contribution in [0.15, 0.2) is 72.8 Å². The summed E-state index contributed by atoms with van der Waals surface area (Å²) in [6, 6.07) is 20.0. The first-order chi connectivity index (χ1) is 14.3. The molecule has 0 saturated heterocycles. The highest BCUT2D eigenvalue weighted by molar-refractivity contribution is 5.89. The molecule has 1 aliphatic heterocycles. The molecule has 0 spiro atoms. The zero-order valence-electron chi connectivity index (χ0n) is 16.5. The fourth-order valence-electron chi connectivity index (χ4n) is 3.68. The van der Waals surface area contributed by atoms with Crippen LogP contribution in [0.1, 0.15) is 22.6 Å². The van der Waals surface area contributed by atoms with E-state index in [2.05, 4.69) is 42.3 Å². The van der Waals surface area contributed by atoms with Crippen molar-refractivity contribution in [1.29, 1.82) is 0 Å². The van der Waals surface area contributed by atoms with Crippen LogP contribution in [-0.4, -0.2) is 40.6 Å². The van der Waals surface area contributed by atoms with Crippen molar-refractivity contribution < 1.29 is 24.2 Å². The summed E-state index contributed by atoms with van der Waals surface area (Å²) in [5, 5.41) is 17.3. The summed E-state index contributed by atoms with van der Waals surface area (Å²) in [4.78, 5) is 21.4. The summed E-state index contributed by atoms with van der Waals surface area (Å²) < 4.78 is 14.1. The number of aliphatic carboxylic acids is 2. The van der Waals surface area contributed by atoms with E-state index in [9.17, 15) is 14.0 Å². The van der Waals surface area contributed by atoms with Crippen molar-refractivity contribution in [2.75, 3.05) is 13.6 Å². The lowest BCUT2D eigenvalue weighted by molar-refractivity contribution is -0.134. The van der Waals surface area contributed by atoms with E-state index in [4.69, 9.17) is 10.2 Å². The predicted molar refractivity (Wildman–Crippen MR) is 113 cm³/mol. The fraction of sp³-hybridized carbons (Fsp3) is 0.167. The van der Waals surface area contributed by atoms with Crippen molar-refractivity contribution in [3.63, 3.8) is 0 Å². The van der Waals surface area contributed by atoms with Crippen LogP contribution >= 0.6 is 0 Å². The maximum absolute atomic E-state index is 14.1. The molecule has 0 radical (unpaired) electrons. The third-order valence-electron chi connectivity index (χ3n) is 4.99. The molecule has 154 valence electrons. The minimum atomic E-state index is -1.26. The molecule has 0 fully saturated rings. The van der Waals surface area contributed by atoms with Gasteiger partial charge in [0.2, 0.25) is 0 Å². The van der Waals surface area contributed by atoms with Crippen molar-refractivity contribution in [3.05, 3.63) is 95.3 Å². The van der Waals surface area contributed by atoms with E-state index in [0.29, 0.717) is 23.5 Å². The quantitative estimate of drug-likeness (QED) is 0.634. The van der Waals surface area contributed by atoms with Crippen LogP contribution in [0.3, 0.4) is 0 Å². The Bertz CT molecular complexity index is 1090. The SMILES string of the molecule is CN1Cc2ccccc2C(c2ccc3cccc(F)c3c2)C1.O=C(O)/C=C\C(=O)O. The van der Waals surface area contributed by atoms with E-state index in [-0.39, 0.29) is 5.82 Å². The number of carbonyl (C=O) groups is 2. The molecule has 1 heterocycles. The van der Waals surface area contributed by atoms with Crippen LogP contribution < -0.4 is 0 Å². The number of rotatable bonds is 3. The highest BCUT2D eigenvalue weighted by atomic mass is 19.1. The maximum Gasteiger partial charge on any atom is 0.328 e. The zero-order valence-corrected chi connectivity index (χ0v) is 16.5. The number of likely N-dealkylation sites (N-methyl/N-ethyl adjacent to an activating group) is 1. The Morgan fingerprint density at radius 2 is 1.70 bits per heavy atom. The molecule has 0 aliphatic carbocycles. The molecule has 0 bridgehead atoms. The van der Waals surface area contributed by atoms with Gasteiger partial charge in [-0.15, -0.1) is 0 Å². The number of nitrogens with zero attached hydrogens (tertiary/aromatic N) is 1. The van der Waals surface area contributed by atoms with Crippen LogP contribution in [0.25, 0.3) is 10.8 Å². The van der Waals surface area contributed by atoms with Crippen molar-refractivity contribution in [2.24, 2.45) is 0 Å². The Labute approximate surface area is 173 Å². The highest BCUT2D eigenvalue weighted by Gasteiger charge is 2.24. The van der Waals surface area contributed by atoms with E-state index >= 15 is 0 Å². The lowest BCUT2D eigenvalue weighted by atomic mass is 9.84. The first kappa shape index (κ1) is 21.2. The molecule has 5 nitrogen and oxygen atoms in total. The normalized spacial score (nSPS) is 16.0. The molecule has 1 aliphatic rings. The molecule has 6 heteroatoms. The second-order valence-corrected chi connectivity index (χ2v) is 7.18. The molecule has 3 aromatic carbocycles. The number of carboxylic acid groups (broad SMARTS) is 2. The van der Waals surface area contributed by atoms with Gasteiger partial charge in [-0.1, -0.05) is 48.5 Å². The minimum Gasteiger partial charge on any atom is -0.478 e. The molecule has 1 atom stereocenters. The van der Waals surface area contributed by atoms with Crippen LogP contribution in [0.4, 0.5) is 4.39 Å². The van der Waals surface area contributed by atoms with Gasteiger partial charge < -0.3 is 15.1 Å². The average Bonchev–Trinajstić information content (AvgIpc) is 2.72. The summed E-state index contributed by atoms with van der Waals surface area (Å²) in [6.07, 6.45) is 1.12. The number of hydrogen-bond acceptors (Lipinski definition) is 3. The van der Waals surface area contributed by atoms with Crippen molar-refractivity contribution in [1.82, 2.24) is 4.90 Å². The number of carboxylic acids is 2. The fourth-order valence-corrected chi connectivity index (χ4v) is 3.68. The second-order valence-electron chi connectivity index (χ2n) is 7.18. The molecule has 0 amide bonds. The number of fused-ring (bicyclic) bond motifs is 2. The van der Waals surface area contributed by atoms with Crippen molar-refractivity contribution >= 4 is 22.7 Å². The van der Waals surface area contributed by atoms with Gasteiger partial charge in [0.05, 0.1) is 0 Å². The molecule has 2 N–H and O–H groups in total. The Balaban J connectivity index is 0.000000275. The standard InChI is InChI=1S/C20H18FN.C4H4O4/c1-22-12-16-5-2-3-7-17(16)19(13-22)15-10-9-14-6-4-8-20(21)18(14)11-15;5-3(6)1-2-4(7)8/h2-11,19H,12-13H2,1H3;1-2H,(H,5,6)(H,7,8)/b;2-1-. The lowest BCUT2D eigenvalue weighted by Crippen LogP contribution is -2.30. The number of hydrogen-bond donors (Lipinski definition) is 2. The van der Waals surface area contributed by atoms with Gasteiger partial charge in [-0.05, 0) is 41.3 Å². The molecule has 1 unspecified atom stereocenters. The van der Waals surface area contributed by atoms with Crippen molar-refractivity contribution in [2.45, 2.75) is 12.5 Å². The van der Waals surface area contributed by atoms with E-state index in [1.807, 2.05) is 18.2 Å². The van der Waals surface area contributed by atoms with Gasteiger partial charge in [0.1, 0.15) is 5.82 Å². The average molecular weight is 407 g/mol. The minimum absolute atomic E-state index is 0.142. The molecular formula is C24H22FNO4. The highest BCUT2D eigenvalue weighted by Crippen LogP contribution is 2.34. The van der Waals surface area contributed by atoms with E-state index in [1.54, 1.807) is 6.07 Å². The third kappa shape index (κ3) is 5.10.